The molecule has 0 bridgehead atoms. The van der Waals surface area contributed by atoms with E-state index in [-0.39, 0.29) is 6.03 Å². The summed E-state index contributed by atoms with van der Waals surface area (Å²) in [5, 5.41) is 12.4. The molecule has 0 spiro atoms. The molecule has 0 saturated carbocycles. The van der Waals surface area contributed by atoms with Crippen LogP contribution < -0.4 is 5.32 Å². The average molecular weight is 284 g/mol. The van der Waals surface area contributed by atoms with Gasteiger partial charge in [-0.2, -0.15) is 0 Å². The molecule has 1 heterocycles. The van der Waals surface area contributed by atoms with E-state index < -0.39 is 11.4 Å². The van der Waals surface area contributed by atoms with Crippen molar-refractivity contribution in [2.45, 2.75) is 58.8 Å². The first-order valence-electron chi connectivity index (χ1n) is 7.82. The standard InChI is InChI=1S/C15H28N2O3/c1-3-5-6-10-16-14(20)17-11-7-9-15(12-17,8-4-2)13(18)19/h3-12H2,1-2H3,(H,16,20)(H,18,19). The van der Waals surface area contributed by atoms with Crippen molar-refractivity contribution in [2.24, 2.45) is 5.41 Å². The third-order valence-electron chi connectivity index (χ3n) is 4.10. The lowest BCUT2D eigenvalue weighted by molar-refractivity contribution is -0.152. The number of amides is 2. The average Bonchev–Trinajstić information content (AvgIpc) is 2.44. The summed E-state index contributed by atoms with van der Waals surface area (Å²) >= 11 is 0. The van der Waals surface area contributed by atoms with Gasteiger partial charge in [0.15, 0.2) is 0 Å². The Hall–Kier alpha value is -1.26. The summed E-state index contributed by atoms with van der Waals surface area (Å²) in [5.74, 6) is -0.761. The van der Waals surface area contributed by atoms with Gasteiger partial charge in [-0.1, -0.05) is 33.1 Å². The minimum Gasteiger partial charge on any atom is -0.481 e. The quantitative estimate of drug-likeness (QED) is 0.706. The van der Waals surface area contributed by atoms with Crippen molar-refractivity contribution in [3.8, 4) is 0 Å². The highest BCUT2D eigenvalue weighted by Crippen LogP contribution is 2.35. The summed E-state index contributed by atoms with van der Waals surface area (Å²) in [5.41, 5.74) is -0.742. The predicted molar refractivity (Wildman–Crippen MR) is 78.7 cm³/mol. The monoisotopic (exact) mass is 284 g/mol. The molecule has 2 N–H and O–H groups in total. The highest BCUT2D eigenvalue weighted by molar-refractivity contribution is 5.78. The number of carboxylic acids is 1. The van der Waals surface area contributed by atoms with Crippen LogP contribution in [0.15, 0.2) is 0 Å². The number of carbonyl (C=O) groups is 2. The van der Waals surface area contributed by atoms with Crippen LogP contribution in [0.3, 0.4) is 0 Å². The number of carbonyl (C=O) groups excluding carboxylic acids is 1. The van der Waals surface area contributed by atoms with Crippen molar-refractivity contribution >= 4 is 12.0 Å². The van der Waals surface area contributed by atoms with E-state index in [0.29, 0.717) is 32.5 Å². The predicted octanol–water partition coefficient (Wildman–Crippen LogP) is 2.85. The number of likely N-dealkylation sites (tertiary alicyclic amines) is 1. The van der Waals surface area contributed by atoms with Crippen LogP contribution in [-0.4, -0.2) is 41.6 Å². The molecule has 1 rings (SSSR count). The van der Waals surface area contributed by atoms with Gasteiger partial charge in [0, 0.05) is 19.6 Å². The molecule has 0 aliphatic carbocycles. The number of urea groups is 1. The lowest BCUT2D eigenvalue weighted by Crippen LogP contribution is -2.52. The maximum absolute atomic E-state index is 12.1. The van der Waals surface area contributed by atoms with E-state index in [1.807, 2.05) is 6.92 Å². The molecule has 0 aromatic heterocycles. The third kappa shape index (κ3) is 4.39. The minimum absolute atomic E-state index is 0.109. The second-order valence-electron chi connectivity index (χ2n) is 5.80. The zero-order chi connectivity index (χ0) is 15.0. The molecule has 1 unspecified atom stereocenters. The lowest BCUT2D eigenvalue weighted by Gasteiger charge is -2.39. The fourth-order valence-electron chi connectivity index (χ4n) is 2.95. The smallest absolute Gasteiger partial charge is 0.317 e. The molecule has 116 valence electrons. The number of nitrogens with zero attached hydrogens (tertiary/aromatic N) is 1. The van der Waals surface area contributed by atoms with Crippen LogP contribution in [0, 0.1) is 5.41 Å². The van der Waals surface area contributed by atoms with Gasteiger partial charge in [-0.3, -0.25) is 4.79 Å². The number of hydrogen-bond acceptors (Lipinski definition) is 2. The fourth-order valence-corrected chi connectivity index (χ4v) is 2.95. The largest absolute Gasteiger partial charge is 0.481 e. The number of unbranched alkanes of at least 4 members (excludes halogenated alkanes) is 2. The van der Waals surface area contributed by atoms with Crippen LogP contribution in [0.5, 0.6) is 0 Å². The number of rotatable bonds is 7. The van der Waals surface area contributed by atoms with Crippen molar-refractivity contribution < 1.29 is 14.7 Å². The first kappa shape index (κ1) is 16.8. The fraction of sp³-hybridized carbons (Fsp3) is 0.867. The molecular formula is C15H28N2O3. The Kier molecular flexibility index (Phi) is 6.82. The van der Waals surface area contributed by atoms with Crippen LogP contribution in [0.4, 0.5) is 4.79 Å². The van der Waals surface area contributed by atoms with E-state index in [2.05, 4.69) is 12.2 Å². The Bertz CT molecular complexity index is 329. The van der Waals surface area contributed by atoms with Crippen LogP contribution in [0.2, 0.25) is 0 Å². The Morgan fingerprint density at radius 2 is 2.00 bits per heavy atom. The Labute approximate surface area is 121 Å². The molecule has 1 atom stereocenters. The molecule has 1 saturated heterocycles. The molecule has 20 heavy (non-hydrogen) atoms. The molecule has 0 aromatic rings. The maximum Gasteiger partial charge on any atom is 0.317 e. The van der Waals surface area contributed by atoms with Gasteiger partial charge in [0.1, 0.15) is 0 Å². The van der Waals surface area contributed by atoms with Gasteiger partial charge in [0.25, 0.3) is 0 Å². The van der Waals surface area contributed by atoms with Crippen LogP contribution in [0.1, 0.15) is 58.8 Å². The summed E-state index contributed by atoms with van der Waals surface area (Å²) < 4.78 is 0. The van der Waals surface area contributed by atoms with Crippen molar-refractivity contribution in [1.29, 1.82) is 0 Å². The van der Waals surface area contributed by atoms with Crippen LogP contribution in [0.25, 0.3) is 0 Å². The van der Waals surface area contributed by atoms with Gasteiger partial charge in [-0.15, -0.1) is 0 Å². The molecule has 1 fully saturated rings. The number of carboxylic acid groups (broad SMARTS) is 1. The summed E-state index contributed by atoms with van der Waals surface area (Å²) in [6, 6.07) is -0.109. The SMILES string of the molecule is CCCCCNC(=O)N1CCCC(CCC)(C(=O)O)C1. The van der Waals surface area contributed by atoms with Gasteiger partial charge in [-0.25, -0.2) is 4.79 Å². The van der Waals surface area contributed by atoms with Crippen molar-refractivity contribution in [2.75, 3.05) is 19.6 Å². The van der Waals surface area contributed by atoms with Gasteiger partial charge in [0.05, 0.1) is 5.41 Å². The van der Waals surface area contributed by atoms with Crippen molar-refractivity contribution in [3.05, 3.63) is 0 Å². The number of aliphatic carboxylic acids is 1. The van der Waals surface area contributed by atoms with E-state index in [1.54, 1.807) is 4.90 Å². The highest BCUT2D eigenvalue weighted by Gasteiger charge is 2.42. The zero-order valence-electron chi connectivity index (χ0n) is 12.8. The summed E-state index contributed by atoms with van der Waals surface area (Å²) in [6.07, 6.45) is 6.13. The lowest BCUT2D eigenvalue weighted by atomic mass is 9.76. The first-order chi connectivity index (χ1) is 9.55. The second-order valence-corrected chi connectivity index (χ2v) is 5.80. The molecule has 0 aromatic carbocycles. The maximum atomic E-state index is 12.1. The second kappa shape index (κ2) is 8.12. The minimum atomic E-state index is -0.761. The van der Waals surface area contributed by atoms with E-state index in [0.717, 1.165) is 32.1 Å². The van der Waals surface area contributed by atoms with E-state index in [4.69, 9.17) is 0 Å². The molecule has 2 amide bonds. The normalized spacial score (nSPS) is 22.6. The van der Waals surface area contributed by atoms with Gasteiger partial charge < -0.3 is 15.3 Å². The number of piperidine rings is 1. The third-order valence-corrected chi connectivity index (χ3v) is 4.10. The van der Waals surface area contributed by atoms with E-state index in [1.165, 1.54) is 0 Å². The van der Waals surface area contributed by atoms with Gasteiger partial charge >= 0.3 is 12.0 Å². The van der Waals surface area contributed by atoms with Gasteiger partial charge in [0.2, 0.25) is 0 Å². The topological polar surface area (TPSA) is 69.6 Å². The van der Waals surface area contributed by atoms with E-state index >= 15 is 0 Å². The summed E-state index contributed by atoms with van der Waals surface area (Å²) in [7, 11) is 0. The van der Waals surface area contributed by atoms with Crippen LogP contribution in [-0.2, 0) is 4.79 Å². The highest BCUT2D eigenvalue weighted by atomic mass is 16.4. The van der Waals surface area contributed by atoms with Crippen molar-refractivity contribution in [1.82, 2.24) is 10.2 Å². The van der Waals surface area contributed by atoms with Gasteiger partial charge in [-0.05, 0) is 25.7 Å². The summed E-state index contributed by atoms with van der Waals surface area (Å²) in [4.78, 5) is 25.4. The molecule has 1 aliphatic rings. The first-order valence-corrected chi connectivity index (χ1v) is 7.82. The van der Waals surface area contributed by atoms with Crippen LogP contribution >= 0.6 is 0 Å². The molecule has 5 heteroatoms. The van der Waals surface area contributed by atoms with E-state index in [9.17, 15) is 14.7 Å². The van der Waals surface area contributed by atoms with Crippen molar-refractivity contribution in [3.63, 3.8) is 0 Å². The summed E-state index contributed by atoms with van der Waals surface area (Å²) in [6.45, 7) is 5.80. The Morgan fingerprint density at radius 3 is 2.60 bits per heavy atom. The molecule has 0 radical (unpaired) electrons. The number of nitrogens with one attached hydrogen (secondary N) is 1. The number of hydrogen-bond donors (Lipinski definition) is 2. The molecule has 5 nitrogen and oxygen atoms in total. The Morgan fingerprint density at radius 1 is 1.25 bits per heavy atom. The molecule has 1 aliphatic heterocycles. The Balaban J connectivity index is 2.54. The zero-order valence-corrected chi connectivity index (χ0v) is 12.8. The molecular weight excluding hydrogens is 256 g/mol.